The van der Waals surface area contributed by atoms with Gasteiger partial charge in [0.25, 0.3) is 0 Å². The van der Waals surface area contributed by atoms with E-state index in [2.05, 4.69) is 14.5 Å². The zero-order valence-electron chi connectivity index (χ0n) is 15.7. The number of rotatable bonds is 8. The summed E-state index contributed by atoms with van der Waals surface area (Å²) in [5, 5.41) is 5.50. The Morgan fingerprint density at radius 2 is 2.04 bits per heavy atom. The predicted octanol–water partition coefficient (Wildman–Crippen LogP) is 4.43. The molecule has 1 aromatic carbocycles. The highest BCUT2D eigenvalue weighted by molar-refractivity contribution is 7.71. The van der Waals surface area contributed by atoms with Crippen LogP contribution >= 0.6 is 23.8 Å². The second kappa shape index (κ2) is 8.43. The van der Waals surface area contributed by atoms with Gasteiger partial charge in [-0.15, -0.1) is 0 Å². The Kier molecular flexibility index (Phi) is 5.75. The van der Waals surface area contributed by atoms with Gasteiger partial charge >= 0.3 is 0 Å². The van der Waals surface area contributed by atoms with Crippen LogP contribution in [0.2, 0.25) is 5.02 Å². The highest BCUT2D eigenvalue weighted by atomic mass is 35.5. The maximum absolute atomic E-state index is 5.90. The van der Waals surface area contributed by atoms with Crippen molar-refractivity contribution < 1.29 is 4.74 Å². The highest BCUT2D eigenvalue weighted by Gasteiger charge is 2.29. The molecular weight excluding hydrogens is 394 g/mol. The minimum absolute atomic E-state index is 0.454. The van der Waals surface area contributed by atoms with E-state index in [4.69, 9.17) is 33.7 Å². The number of pyridine rings is 1. The van der Waals surface area contributed by atoms with E-state index in [1.807, 2.05) is 54.3 Å². The molecule has 0 spiro atoms. The molecular formula is C20H22ClN5OS. The van der Waals surface area contributed by atoms with Gasteiger partial charge in [0.1, 0.15) is 12.4 Å². The van der Waals surface area contributed by atoms with E-state index in [0.717, 1.165) is 41.3 Å². The number of ether oxygens (including phenoxy) is 1. The summed E-state index contributed by atoms with van der Waals surface area (Å²) < 4.78 is 10.6. The third-order valence-electron chi connectivity index (χ3n) is 4.63. The number of benzene rings is 1. The molecule has 0 bridgehead atoms. The molecule has 0 atom stereocenters. The van der Waals surface area contributed by atoms with E-state index in [1.165, 1.54) is 0 Å². The summed E-state index contributed by atoms with van der Waals surface area (Å²) >= 11 is 11.6. The van der Waals surface area contributed by atoms with Crippen molar-refractivity contribution in [1.82, 2.24) is 24.2 Å². The zero-order valence-corrected chi connectivity index (χ0v) is 17.2. The number of aromatic nitrogens is 4. The van der Waals surface area contributed by atoms with Gasteiger partial charge in [-0.2, -0.15) is 5.10 Å². The van der Waals surface area contributed by atoms with Crippen molar-refractivity contribution in [2.24, 2.45) is 0 Å². The number of likely N-dealkylation sites (N-methyl/N-ethyl adjacent to an activating group) is 1. The molecule has 1 fully saturated rings. The van der Waals surface area contributed by atoms with Crippen molar-refractivity contribution in [3.63, 3.8) is 0 Å². The van der Waals surface area contributed by atoms with Crippen LogP contribution < -0.4 is 4.74 Å². The lowest BCUT2D eigenvalue weighted by Crippen LogP contribution is -2.27. The van der Waals surface area contributed by atoms with Gasteiger partial charge in [-0.25, -0.2) is 4.68 Å². The third kappa shape index (κ3) is 4.43. The Morgan fingerprint density at radius 3 is 2.71 bits per heavy atom. The van der Waals surface area contributed by atoms with E-state index < -0.39 is 0 Å². The number of hydrogen-bond donors (Lipinski definition) is 0. The summed E-state index contributed by atoms with van der Waals surface area (Å²) in [6, 6.07) is 11.8. The van der Waals surface area contributed by atoms with Crippen LogP contribution in [-0.2, 0) is 6.67 Å². The molecule has 146 valence electrons. The van der Waals surface area contributed by atoms with Gasteiger partial charge in [0.2, 0.25) is 0 Å². The highest BCUT2D eigenvalue weighted by Crippen LogP contribution is 2.38. The van der Waals surface area contributed by atoms with E-state index in [0.29, 0.717) is 24.3 Å². The van der Waals surface area contributed by atoms with E-state index >= 15 is 0 Å². The normalized spacial score (nSPS) is 13.8. The molecule has 0 radical (unpaired) electrons. The molecule has 1 saturated carbocycles. The predicted molar refractivity (Wildman–Crippen MR) is 112 cm³/mol. The van der Waals surface area contributed by atoms with Crippen LogP contribution in [-0.4, -0.2) is 44.4 Å². The molecule has 1 aliphatic rings. The smallest absolute Gasteiger partial charge is 0.199 e. The average molecular weight is 416 g/mol. The summed E-state index contributed by atoms with van der Waals surface area (Å²) in [6.07, 6.45) is 5.91. The Balaban J connectivity index is 1.43. The Morgan fingerprint density at radius 1 is 1.25 bits per heavy atom. The third-order valence-corrected chi connectivity index (χ3v) is 5.29. The second-order valence-corrected chi connectivity index (χ2v) is 7.77. The monoisotopic (exact) mass is 415 g/mol. The summed E-state index contributed by atoms with van der Waals surface area (Å²) in [7, 11) is 2.03. The van der Waals surface area contributed by atoms with Gasteiger partial charge in [-0.3, -0.25) is 14.5 Å². The van der Waals surface area contributed by atoms with E-state index in [9.17, 15) is 0 Å². The number of hydrogen-bond acceptors (Lipinski definition) is 5. The van der Waals surface area contributed by atoms with E-state index in [-0.39, 0.29) is 0 Å². The molecule has 4 rings (SSSR count). The Hall–Kier alpha value is -2.22. The number of nitrogens with zero attached hydrogens (tertiary/aromatic N) is 5. The first-order chi connectivity index (χ1) is 13.6. The summed E-state index contributed by atoms with van der Waals surface area (Å²) in [5.41, 5.74) is 0.993. The molecule has 28 heavy (non-hydrogen) atoms. The van der Waals surface area contributed by atoms with Gasteiger partial charge in [0, 0.05) is 35.6 Å². The lowest BCUT2D eigenvalue weighted by atomic mass is 10.3. The molecule has 2 aromatic heterocycles. The quantitative estimate of drug-likeness (QED) is 0.509. The van der Waals surface area contributed by atoms with Crippen molar-refractivity contribution in [2.45, 2.75) is 25.6 Å². The first-order valence-electron chi connectivity index (χ1n) is 9.28. The van der Waals surface area contributed by atoms with Crippen molar-refractivity contribution in [3.05, 3.63) is 58.6 Å². The van der Waals surface area contributed by atoms with Crippen LogP contribution in [0.25, 0.3) is 11.4 Å². The van der Waals surface area contributed by atoms with Crippen LogP contribution in [0.1, 0.15) is 18.9 Å². The fourth-order valence-electron chi connectivity index (χ4n) is 3.02. The largest absolute Gasteiger partial charge is 0.492 e. The molecule has 0 amide bonds. The molecule has 6 nitrogen and oxygen atoms in total. The summed E-state index contributed by atoms with van der Waals surface area (Å²) in [4.78, 5) is 6.37. The van der Waals surface area contributed by atoms with Crippen molar-refractivity contribution in [2.75, 3.05) is 20.2 Å². The zero-order chi connectivity index (χ0) is 19.5. The van der Waals surface area contributed by atoms with Crippen molar-refractivity contribution >= 4 is 23.8 Å². The van der Waals surface area contributed by atoms with Crippen LogP contribution in [0.3, 0.4) is 0 Å². The van der Waals surface area contributed by atoms with E-state index in [1.54, 1.807) is 6.20 Å². The second-order valence-electron chi connectivity index (χ2n) is 6.97. The van der Waals surface area contributed by atoms with Crippen LogP contribution in [0, 0.1) is 4.77 Å². The van der Waals surface area contributed by atoms with Gasteiger partial charge in [-0.1, -0.05) is 11.6 Å². The van der Waals surface area contributed by atoms with Crippen LogP contribution in [0.15, 0.2) is 48.8 Å². The van der Waals surface area contributed by atoms with Crippen molar-refractivity contribution in [3.8, 4) is 17.1 Å². The lowest BCUT2D eigenvalue weighted by molar-refractivity contribution is 0.197. The van der Waals surface area contributed by atoms with Crippen LogP contribution in [0.5, 0.6) is 5.75 Å². The fourth-order valence-corrected chi connectivity index (χ4v) is 3.48. The molecule has 0 N–H and O–H groups in total. The standard InChI is InChI=1S/C20H22ClN5OS/c1-24(11-12-27-18-8-4-16(21)5-9-18)14-25-20(28)26(17-6-7-17)19(23-25)15-3-2-10-22-13-15/h2-5,8-10,13,17H,6-7,11-12,14H2,1H3. The lowest BCUT2D eigenvalue weighted by Gasteiger charge is -2.16. The van der Waals surface area contributed by atoms with Gasteiger partial charge < -0.3 is 4.74 Å². The van der Waals surface area contributed by atoms with Gasteiger partial charge in [-0.05, 0) is 68.5 Å². The number of halogens is 1. The average Bonchev–Trinajstić information content (AvgIpc) is 3.49. The van der Waals surface area contributed by atoms with Gasteiger partial charge in [0.15, 0.2) is 10.6 Å². The maximum Gasteiger partial charge on any atom is 0.199 e. The minimum atomic E-state index is 0.454. The molecule has 8 heteroatoms. The molecule has 1 aliphatic carbocycles. The first kappa shape index (κ1) is 19.1. The Labute approximate surface area is 174 Å². The molecule has 2 heterocycles. The SMILES string of the molecule is CN(CCOc1ccc(Cl)cc1)Cn1nc(-c2cccnc2)n(C2CC2)c1=S. The minimum Gasteiger partial charge on any atom is -0.492 e. The maximum atomic E-state index is 5.90. The van der Waals surface area contributed by atoms with Crippen LogP contribution in [0.4, 0.5) is 0 Å². The molecule has 0 saturated heterocycles. The van der Waals surface area contributed by atoms with Crippen molar-refractivity contribution in [1.29, 1.82) is 0 Å². The first-order valence-corrected chi connectivity index (χ1v) is 10.1. The van der Waals surface area contributed by atoms with Gasteiger partial charge in [0.05, 0.1) is 6.67 Å². The summed E-state index contributed by atoms with van der Waals surface area (Å²) in [5.74, 6) is 1.71. The molecule has 3 aromatic rings. The topological polar surface area (TPSA) is 48.1 Å². The fraction of sp³-hybridized carbons (Fsp3) is 0.350. The molecule has 0 unspecified atom stereocenters. The molecule has 0 aliphatic heterocycles. The Bertz CT molecular complexity index is 982. The summed E-state index contributed by atoms with van der Waals surface area (Å²) in [6.45, 7) is 1.93.